The highest BCUT2D eigenvalue weighted by Crippen LogP contribution is 2.33. The summed E-state index contributed by atoms with van der Waals surface area (Å²) in [4.78, 5) is 13.8. The van der Waals surface area contributed by atoms with Crippen LogP contribution in [0.4, 0.5) is 8.78 Å². The Bertz CT molecular complexity index is 1020. The summed E-state index contributed by atoms with van der Waals surface area (Å²) in [6.07, 6.45) is 0. The second-order valence-corrected chi connectivity index (χ2v) is 7.03. The van der Waals surface area contributed by atoms with Gasteiger partial charge in [0.2, 0.25) is 11.8 Å². The predicted octanol–water partition coefficient (Wildman–Crippen LogP) is 5.01. The Balaban J connectivity index is 2.12. The first-order chi connectivity index (χ1) is 13.8. The fourth-order valence-electron chi connectivity index (χ4n) is 3.06. The standard InChI is InChI=1S/C22H23F2N3O2/c1-14(2)26(16(4)28)13-19-15(3)25-27(18-8-6-5-7-9-18)22(19)29-21-11-10-17(23)12-20(21)24/h5-12,14H,13H2,1-4H3. The third kappa shape index (κ3) is 4.45. The molecule has 0 fully saturated rings. The molecule has 0 atom stereocenters. The van der Waals surface area contributed by atoms with Gasteiger partial charge in [-0.15, -0.1) is 0 Å². The number of hydrogen-bond donors (Lipinski definition) is 0. The summed E-state index contributed by atoms with van der Waals surface area (Å²) < 4.78 is 35.0. The fraction of sp³-hybridized carbons (Fsp3) is 0.273. The van der Waals surface area contributed by atoms with Gasteiger partial charge in [-0.05, 0) is 45.0 Å². The van der Waals surface area contributed by atoms with Gasteiger partial charge in [0.1, 0.15) is 5.82 Å². The molecule has 0 aliphatic rings. The highest BCUT2D eigenvalue weighted by Gasteiger charge is 2.24. The van der Waals surface area contributed by atoms with Crippen LogP contribution in [0.25, 0.3) is 5.69 Å². The molecular weight excluding hydrogens is 376 g/mol. The number of carbonyl (C=O) groups excluding carboxylic acids is 1. The van der Waals surface area contributed by atoms with Crippen LogP contribution >= 0.6 is 0 Å². The van der Waals surface area contributed by atoms with E-state index in [-0.39, 0.29) is 30.1 Å². The lowest BCUT2D eigenvalue weighted by molar-refractivity contribution is -0.131. The van der Waals surface area contributed by atoms with Gasteiger partial charge < -0.3 is 9.64 Å². The number of amides is 1. The van der Waals surface area contributed by atoms with E-state index >= 15 is 0 Å². The molecule has 3 rings (SSSR count). The van der Waals surface area contributed by atoms with E-state index in [2.05, 4.69) is 5.10 Å². The summed E-state index contributed by atoms with van der Waals surface area (Å²) >= 11 is 0. The first-order valence-electron chi connectivity index (χ1n) is 9.32. The number of carbonyl (C=O) groups is 1. The summed E-state index contributed by atoms with van der Waals surface area (Å²) in [5.41, 5.74) is 2.03. The van der Waals surface area contributed by atoms with Gasteiger partial charge in [-0.1, -0.05) is 18.2 Å². The molecule has 0 N–H and O–H groups in total. The lowest BCUT2D eigenvalue weighted by Gasteiger charge is -2.25. The SMILES string of the molecule is CC(=O)N(Cc1c(C)nn(-c2ccccc2)c1Oc1ccc(F)cc1F)C(C)C. The molecule has 29 heavy (non-hydrogen) atoms. The van der Waals surface area contributed by atoms with Gasteiger partial charge in [-0.2, -0.15) is 5.10 Å². The van der Waals surface area contributed by atoms with E-state index in [0.29, 0.717) is 11.3 Å². The van der Waals surface area contributed by atoms with Gasteiger partial charge >= 0.3 is 0 Å². The minimum Gasteiger partial charge on any atom is -0.435 e. The average molecular weight is 399 g/mol. The summed E-state index contributed by atoms with van der Waals surface area (Å²) in [6.45, 7) is 7.39. The maximum absolute atomic E-state index is 14.3. The molecule has 3 aromatic rings. The van der Waals surface area contributed by atoms with Gasteiger partial charge in [0.25, 0.3) is 0 Å². The summed E-state index contributed by atoms with van der Waals surface area (Å²) in [5.74, 6) is -1.44. The van der Waals surface area contributed by atoms with Crippen molar-refractivity contribution in [1.82, 2.24) is 14.7 Å². The Labute approximate surface area is 168 Å². The van der Waals surface area contributed by atoms with Gasteiger partial charge in [0.15, 0.2) is 11.6 Å². The van der Waals surface area contributed by atoms with Crippen LogP contribution in [0.15, 0.2) is 48.5 Å². The van der Waals surface area contributed by atoms with Crippen LogP contribution in [0.5, 0.6) is 11.6 Å². The monoisotopic (exact) mass is 399 g/mol. The predicted molar refractivity (Wildman–Crippen MR) is 106 cm³/mol. The highest BCUT2D eigenvalue weighted by atomic mass is 19.1. The van der Waals surface area contributed by atoms with Crippen LogP contribution in [0.3, 0.4) is 0 Å². The summed E-state index contributed by atoms with van der Waals surface area (Å²) in [7, 11) is 0. The molecule has 152 valence electrons. The molecule has 2 aromatic carbocycles. The van der Waals surface area contributed by atoms with Gasteiger partial charge in [0, 0.05) is 19.0 Å². The van der Waals surface area contributed by atoms with E-state index in [9.17, 15) is 13.6 Å². The number of nitrogens with zero attached hydrogens (tertiary/aromatic N) is 3. The zero-order valence-electron chi connectivity index (χ0n) is 16.8. The lowest BCUT2D eigenvalue weighted by Crippen LogP contribution is -2.34. The molecule has 7 heteroatoms. The Kier molecular flexibility index (Phi) is 5.96. The first kappa shape index (κ1) is 20.5. The van der Waals surface area contributed by atoms with E-state index < -0.39 is 11.6 Å². The number of para-hydroxylation sites is 1. The van der Waals surface area contributed by atoms with Crippen molar-refractivity contribution in [2.45, 2.75) is 40.3 Å². The molecule has 0 radical (unpaired) electrons. The molecule has 0 spiro atoms. The van der Waals surface area contributed by atoms with Crippen LogP contribution in [-0.4, -0.2) is 26.6 Å². The lowest BCUT2D eigenvalue weighted by atomic mass is 10.2. The van der Waals surface area contributed by atoms with Crippen molar-refractivity contribution in [3.05, 3.63) is 71.4 Å². The van der Waals surface area contributed by atoms with E-state index in [4.69, 9.17) is 4.74 Å². The molecule has 1 amide bonds. The van der Waals surface area contributed by atoms with Gasteiger partial charge in [0.05, 0.1) is 23.5 Å². The molecule has 0 unspecified atom stereocenters. The molecule has 0 saturated heterocycles. The Hall–Kier alpha value is -3.22. The number of ether oxygens (including phenoxy) is 1. The first-order valence-corrected chi connectivity index (χ1v) is 9.32. The summed E-state index contributed by atoms with van der Waals surface area (Å²) in [6, 6.07) is 12.3. The van der Waals surface area contributed by atoms with Crippen LogP contribution in [0.2, 0.25) is 0 Å². The van der Waals surface area contributed by atoms with Crippen molar-refractivity contribution in [2.75, 3.05) is 0 Å². The largest absolute Gasteiger partial charge is 0.435 e. The molecule has 0 saturated carbocycles. The number of hydrogen-bond acceptors (Lipinski definition) is 3. The minimum absolute atomic E-state index is 0.0395. The van der Waals surface area contributed by atoms with Crippen molar-refractivity contribution in [1.29, 1.82) is 0 Å². The maximum atomic E-state index is 14.3. The molecule has 1 heterocycles. The number of benzene rings is 2. The van der Waals surface area contributed by atoms with Crippen molar-refractivity contribution in [3.8, 4) is 17.3 Å². The van der Waals surface area contributed by atoms with Crippen molar-refractivity contribution in [3.63, 3.8) is 0 Å². The van der Waals surface area contributed by atoms with Crippen LogP contribution < -0.4 is 4.74 Å². The van der Waals surface area contributed by atoms with E-state index in [1.54, 1.807) is 16.5 Å². The topological polar surface area (TPSA) is 47.4 Å². The van der Waals surface area contributed by atoms with E-state index in [1.165, 1.54) is 13.0 Å². The quantitative estimate of drug-likeness (QED) is 0.586. The van der Waals surface area contributed by atoms with Crippen molar-refractivity contribution < 1.29 is 18.3 Å². The number of aryl methyl sites for hydroxylation is 1. The zero-order valence-corrected chi connectivity index (χ0v) is 16.8. The Morgan fingerprint density at radius 1 is 1.17 bits per heavy atom. The fourth-order valence-corrected chi connectivity index (χ4v) is 3.06. The normalized spacial score (nSPS) is 11.0. The third-order valence-electron chi connectivity index (χ3n) is 4.59. The number of rotatable bonds is 6. The van der Waals surface area contributed by atoms with Crippen molar-refractivity contribution in [2.24, 2.45) is 0 Å². The molecule has 0 aliphatic carbocycles. The van der Waals surface area contributed by atoms with Crippen LogP contribution in [0, 0.1) is 18.6 Å². The number of aromatic nitrogens is 2. The Morgan fingerprint density at radius 3 is 2.45 bits per heavy atom. The molecular formula is C22H23F2N3O2. The smallest absolute Gasteiger partial charge is 0.228 e. The van der Waals surface area contributed by atoms with Crippen molar-refractivity contribution >= 4 is 5.91 Å². The van der Waals surface area contributed by atoms with Crippen LogP contribution in [0.1, 0.15) is 32.0 Å². The Morgan fingerprint density at radius 2 is 1.86 bits per heavy atom. The molecule has 0 bridgehead atoms. The van der Waals surface area contributed by atoms with Gasteiger partial charge in [-0.25, -0.2) is 13.5 Å². The zero-order chi connectivity index (χ0) is 21.1. The second-order valence-electron chi connectivity index (χ2n) is 7.03. The third-order valence-corrected chi connectivity index (χ3v) is 4.59. The minimum atomic E-state index is -0.818. The molecule has 0 aliphatic heterocycles. The molecule has 5 nitrogen and oxygen atoms in total. The highest BCUT2D eigenvalue weighted by molar-refractivity contribution is 5.73. The van der Waals surface area contributed by atoms with Gasteiger partial charge in [-0.3, -0.25) is 4.79 Å². The van der Waals surface area contributed by atoms with Crippen LogP contribution in [-0.2, 0) is 11.3 Å². The molecule has 1 aromatic heterocycles. The second kappa shape index (κ2) is 8.43. The number of halogens is 2. The van der Waals surface area contributed by atoms with E-state index in [0.717, 1.165) is 17.8 Å². The maximum Gasteiger partial charge on any atom is 0.228 e. The average Bonchev–Trinajstić information content (AvgIpc) is 2.97. The van der Waals surface area contributed by atoms with E-state index in [1.807, 2.05) is 44.2 Å². The summed E-state index contributed by atoms with van der Waals surface area (Å²) in [5, 5.41) is 4.55.